The van der Waals surface area contributed by atoms with E-state index in [1.54, 1.807) is 19.8 Å². The highest BCUT2D eigenvalue weighted by atomic mass is 16.5. The van der Waals surface area contributed by atoms with Gasteiger partial charge in [0.25, 0.3) is 0 Å². The van der Waals surface area contributed by atoms with Gasteiger partial charge in [-0.2, -0.15) is 0 Å². The van der Waals surface area contributed by atoms with E-state index in [2.05, 4.69) is 34.6 Å². The maximum atomic E-state index is 5.07. The van der Waals surface area contributed by atoms with Crippen molar-refractivity contribution in [2.24, 2.45) is 0 Å². The number of nitrogens with zero attached hydrogens (tertiary/aromatic N) is 3. The fraction of sp³-hybridized carbons (Fsp3) is 0.385. The van der Waals surface area contributed by atoms with Crippen molar-refractivity contribution in [2.45, 2.75) is 19.4 Å². The summed E-state index contributed by atoms with van der Waals surface area (Å²) in [5.41, 5.74) is 2.13. The van der Waals surface area contributed by atoms with Gasteiger partial charge in [-0.25, -0.2) is 0 Å². The summed E-state index contributed by atoms with van der Waals surface area (Å²) < 4.78 is 6.95. The fourth-order valence-corrected chi connectivity index (χ4v) is 1.74. The van der Waals surface area contributed by atoms with Crippen LogP contribution in [0.2, 0.25) is 0 Å². The summed E-state index contributed by atoms with van der Waals surface area (Å²) >= 11 is 0. The number of anilines is 1. The van der Waals surface area contributed by atoms with Crippen molar-refractivity contribution in [3.63, 3.8) is 0 Å². The molecule has 18 heavy (non-hydrogen) atoms. The molecule has 0 spiro atoms. The lowest BCUT2D eigenvalue weighted by Gasteiger charge is -2.15. The van der Waals surface area contributed by atoms with Gasteiger partial charge in [0.2, 0.25) is 0 Å². The molecule has 0 aliphatic rings. The number of benzene rings is 1. The van der Waals surface area contributed by atoms with Crippen molar-refractivity contribution in [1.29, 1.82) is 0 Å². The van der Waals surface area contributed by atoms with Gasteiger partial charge in [0.15, 0.2) is 0 Å². The minimum atomic E-state index is 0.376. The molecule has 0 aliphatic heterocycles. The van der Waals surface area contributed by atoms with Gasteiger partial charge in [-0.05, 0) is 31.5 Å². The first kappa shape index (κ1) is 12.6. The van der Waals surface area contributed by atoms with Crippen LogP contribution in [0.25, 0.3) is 5.69 Å². The molecule has 1 N–H and O–H groups in total. The largest absolute Gasteiger partial charge is 0.385 e. The van der Waals surface area contributed by atoms with Crippen LogP contribution in [-0.4, -0.2) is 34.5 Å². The van der Waals surface area contributed by atoms with Crippen LogP contribution in [0.5, 0.6) is 0 Å². The second-order valence-corrected chi connectivity index (χ2v) is 4.25. The molecule has 0 radical (unpaired) electrons. The molecule has 0 saturated heterocycles. The van der Waals surface area contributed by atoms with E-state index in [9.17, 15) is 0 Å². The molecule has 1 heterocycles. The number of methoxy groups -OCH3 is 1. The van der Waals surface area contributed by atoms with Crippen molar-refractivity contribution in [2.75, 3.05) is 19.0 Å². The van der Waals surface area contributed by atoms with E-state index < -0.39 is 0 Å². The summed E-state index contributed by atoms with van der Waals surface area (Å²) in [5.74, 6) is 0. The number of ether oxygens (including phenoxy) is 1. The van der Waals surface area contributed by atoms with E-state index >= 15 is 0 Å². The van der Waals surface area contributed by atoms with E-state index in [4.69, 9.17) is 4.74 Å². The summed E-state index contributed by atoms with van der Waals surface area (Å²) in [5, 5.41) is 11.1. The predicted molar refractivity (Wildman–Crippen MR) is 70.9 cm³/mol. The van der Waals surface area contributed by atoms with Gasteiger partial charge in [-0.3, -0.25) is 4.57 Å². The monoisotopic (exact) mass is 246 g/mol. The Kier molecular flexibility index (Phi) is 4.30. The summed E-state index contributed by atoms with van der Waals surface area (Å²) in [6, 6.07) is 8.54. The fourth-order valence-electron chi connectivity index (χ4n) is 1.74. The van der Waals surface area contributed by atoms with Crippen LogP contribution >= 0.6 is 0 Å². The molecule has 5 nitrogen and oxygen atoms in total. The molecule has 1 atom stereocenters. The highest BCUT2D eigenvalue weighted by molar-refractivity contribution is 5.51. The number of hydrogen-bond acceptors (Lipinski definition) is 4. The zero-order valence-electron chi connectivity index (χ0n) is 10.7. The molecule has 0 bridgehead atoms. The van der Waals surface area contributed by atoms with Crippen LogP contribution < -0.4 is 5.32 Å². The maximum Gasteiger partial charge on any atom is 0.123 e. The van der Waals surface area contributed by atoms with E-state index in [-0.39, 0.29) is 0 Å². The third kappa shape index (κ3) is 3.30. The summed E-state index contributed by atoms with van der Waals surface area (Å²) in [6.07, 6.45) is 4.36. The first-order chi connectivity index (χ1) is 8.79. The van der Waals surface area contributed by atoms with Crippen LogP contribution in [0.4, 0.5) is 5.69 Å². The quantitative estimate of drug-likeness (QED) is 0.848. The Balaban J connectivity index is 2.03. The van der Waals surface area contributed by atoms with E-state index in [0.29, 0.717) is 6.04 Å². The number of hydrogen-bond donors (Lipinski definition) is 1. The van der Waals surface area contributed by atoms with Crippen molar-refractivity contribution >= 4 is 5.69 Å². The minimum Gasteiger partial charge on any atom is -0.385 e. The first-order valence-corrected chi connectivity index (χ1v) is 6.00. The SMILES string of the molecule is COCCC(C)Nc1cccc(-n2cnnc2)c1. The maximum absolute atomic E-state index is 5.07. The molecule has 0 saturated carbocycles. The molecule has 0 amide bonds. The molecule has 96 valence electrons. The van der Waals surface area contributed by atoms with E-state index in [1.807, 2.05) is 16.7 Å². The standard InChI is InChI=1S/C13H18N4O/c1-11(6-7-18-2)16-12-4-3-5-13(8-12)17-9-14-15-10-17/h3-5,8-11,16H,6-7H2,1-2H3. The van der Waals surface area contributed by atoms with Gasteiger partial charge in [-0.15, -0.1) is 10.2 Å². The van der Waals surface area contributed by atoms with Gasteiger partial charge < -0.3 is 10.1 Å². The minimum absolute atomic E-state index is 0.376. The Hall–Kier alpha value is -1.88. The smallest absolute Gasteiger partial charge is 0.123 e. The highest BCUT2D eigenvalue weighted by Crippen LogP contribution is 2.15. The molecule has 0 fully saturated rings. The lowest BCUT2D eigenvalue weighted by molar-refractivity contribution is 0.191. The molecule has 1 aromatic carbocycles. The number of aromatic nitrogens is 3. The molecule has 2 aromatic rings. The number of nitrogens with one attached hydrogen (secondary N) is 1. The topological polar surface area (TPSA) is 52.0 Å². The molecule has 1 unspecified atom stereocenters. The van der Waals surface area contributed by atoms with Gasteiger partial charge >= 0.3 is 0 Å². The Morgan fingerprint density at radius 2 is 2.11 bits per heavy atom. The van der Waals surface area contributed by atoms with Gasteiger partial charge in [-0.1, -0.05) is 6.07 Å². The molecule has 5 heteroatoms. The zero-order chi connectivity index (χ0) is 12.8. The highest BCUT2D eigenvalue weighted by Gasteiger charge is 2.03. The number of rotatable bonds is 6. The Labute approximate surface area is 107 Å². The second-order valence-electron chi connectivity index (χ2n) is 4.25. The second kappa shape index (κ2) is 6.16. The van der Waals surface area contributed by atoms with Gasteiger partial charge in [0.05, 0.1) is 5.69 Å². The molecule has 2 rings (SSSR count). The van der Waals surface area contributed by atoms with Gasteiger partial charge in [0, 0.05) is 25.4 Å². The van der Waals surface area contributed by atoms with E-state index in [0.717, 1.165) is 24.4 Å². The Morgan fingerprint density at radius 3 is 2.83 bits per heavy atom. The van der Waals surface area contributed by atoms with Crippen LogP contribution in [0, 0.1) is 0 Å². The van der Waals surface area contributed by atoms with Crippen molar-refractivity contribution < 1.29 is 4.74 Å². The molecular formula is C13H18N4O. The van der Waals surface area contributed by atoms with Crippen molar-refractivity contribution in [1.82, 2.24) is 14.8 Å². The lowest BCUT2D eigenvalue weighted by Crippen LogP contribution is -2.17. The first-order valence-electron chi connectivity index (χ1n) is 6.00. The van der Waals surface area contributed by atoms with E-state index in [1.165, 1.54) is 0 Å². The van der Waals surface area contributed by atoms with Crippen LogP contribution in [-0.2, 0) is 4.74 Å². The van der Waals surface area contributed by atoms with Crippen LogP contribution in [0.15, 0.2) is 36.9 Å². The lowest BCUT2D eigenvalue weighted by atomic mass is 10.2. The van der Waals surface area contributed by atoms with Crippen molar-refractivity contribution in [3.05, 3.63) is 36.9 Å². The summed E-state index contributed by atoms with van der Waals surface area (Å²) in [7, 11) is 1.72. The van der Waals surface area contributed by atoms with Gasteiger partial charge in [0.1, 0.15) is 12.7 Å². The zero-order valence-corrected chi connectivity index (χ0v) is 10.7. The Bertz CT molecular complexity index is 470. The third-order valence-electron chi connectivity index (χ3n) is 2.73. The third-order valence-corrected chi connectivity index (χ3v) is 2.73. The van der Waals surface area contributed by atoms with Crippen LogP contribution in [0.1, 0.15) is 13.3 Å². The molecular weight excluding hydrogens is 228 g/mol. The van der Waals surface area contributed by atoms with Crippen LogP contribution in [0.3, 0.4) is 0 Å². The summed E-state index contributed by atoms with van der Waals surface area (Å²) in [6.45, 7) is 2.91. The average molecular weight is 246 g/mol. The normalized spacial score (nSPS) is 12.3. The summed E-state index contributed by atoms with van der Waals surface area (Å²) in [4.78, 5) is 0. The average Bonchev–Trinajstić information content (AvgIpc) is 2.90. The molecule has 0 aliphatic carbocycles. The molecule has 1 aromatic heterocycles. The van der Waals surface area contributed by atoms with Crippen molar-refractivity contribution in [3.8, 4) is 5.69 Å². The Morgan fingerprint density at radius 1 is 1.33 bits per heavy atom. The predicted octanol–water partition coefficient (Wildman–Crippen LogP) is 2.10.